The van der Waals surface area contributed by atoms with E-state index in [0.717, 1.165) is 22.2 Å². The van der Waals surface area contributed by atoms with Crippen LogP contribution in [0.5, 0.6) is 0 Å². The average Bonchev–Trinajstić information content (AvgIpc) is 2.91. The molecule has 0 spiro atoms. The van der Waals surface area contributed by atoms with Crippen molar-refractivity contribution in [2.24, 2.45) is 0 Å². The minimum Gasteiger partial charge on any atom is -0.264 e. The van der Waals surface area contributed by atoms with Gasteiger partial charge >= 0.3 is 0 Å². The zero-order valence-corrected chi connectivity index (χ0v) is 12.4. The third-order valence-electron chi connectivity index (χ3n) is 3.07. The van der Waals surface area contributed by atoms with Gasteiger partial charge in [0.25, 0.3) is 0 Å². The Bertz CT molecular complexity index is 800. The van der Waals surface area contributed by atoms with Crippen LogP contribution in [0.4, 0.5) is 0 Å². The van der Waals surface area contributed by atoms with Gasteiger partial charge in [0.1, 0.15) is 17.3 Å². The van der Waals surface area contributed by atoms with Crippen LogP contribution in [0.15, 0.2) is 43.0 Å². The highest BCUT2D eigenvalue weighted by molar-refractivity contribution is 7.83. The van der Waals surface area contributed by atoms with E-state index in [1.165, 1.54) is 0 Å². The molecular weight excluding hydrogens is 294 g/mol. The summed E-state index contributed by atoms with van der Waals surface area (Å²) in [5.74, 6) is 0.545. The van der Waals surface area contributed by atoms with Gasteiger partial charge in [0.2, 0.25) is 0 Å². The molecule has 102 valence electrons. The predicted molar refractivity (Wildman–Crippen MR) is 82.1 cm³/mol. The molecule has 0 aliphatic rings. The number of aromatic nitrogens is 3. The fourth-order valence-electron chi connectivity index (χ4n) is 2.11. The van der Waals surface area contributed by atoms with Crippen LogP contribution in [0.1, 0.15) is 6.92 Å². The van der Waals surface area contributed by atoms with Gasteiger partial charge in [0.15, 0.2) is 0 Å². The number of hydrogen-bond donors (Lipinski definition) is 0. The molecule has 0 aliphatic carbocycles. The lowest BCUT2D eigenvalue weighted by atomic mass is 10.1. The first-order valence-corrected chi connectivity index (χ1v) is 7.82. The van der Waals surface area contributed by atoms with Crippen molar-refractivity contribution in [2.75, 3.05) is 5.75 Å². The van der Waals surface area contributed by atoms with Crippen LogP contribution in [-0.2, 0) is 11.0 Å². The number of nitrogens with zero attached hydrogens (tertiary/aromatic N) is 3. The first-order chi connectivity index (χ1) is 9.72. The molecular formula is C14H12ClN3OS. The maximum Gasteiger partial charge on any atom is 0.125 e. The van der Waals surface area contributed by atoms with Gasteiger partial charge in [-0.3, -0.25) is 4.98 Å². The fraction of sp³-hybridized carbons (Fsp3) is 0.143. The van der Waals surface area contributed by atoms with Gasteiger partial charge in [0.05, 0.1) is 16.1 Å². The van der Waals surface area contributed by atoms with Crippen LogP contribution in [-0.4, -0.2) is 23.9 Å². The van der Waals surface area contributed by atoms with Crippen molar-refractivity contribution in [2.45, 2.75) is 6.92 Å². The molecule has 0 aliphatic heterocycles. The van der Waals surface area contributed by atoms with E-state index in [1.807, 2.05) is 25.1 Å². The quantitative estimate of drug-likeness (QED) is 0.746. The molecule has 0 bridgehead atoms. The van der Waals surface area contributed by atoms with Gasteiger partial charge in [-0.25, -0.2) is 13.2 Å². The van der Waals surface area contributed by atoms with Crippen molar-refractivity contribution in [3.05, 3.63) is 48.0 Å². The van der Waals surface area contributed by atoms with Crippen LogP contribution in [0, 0.1) is 0 Å². The Kier molecular flexibility index (Phi) is 3.54. The van der Waals surface area contributed by atoms with Crippen molar-refractivity contribution in [3.8, 4) is 11.1 Å². The lowest BCUT2D eigenvalue weighted by molar-refractivity contribution is 0.679. The third-order valence-corrected chi connectivity index (χ3v) is 4.62. The lowest BCUT2D eigenvalue weighted by Crippen LogP contribution is -2.04. The Balaban J connectivity index is 2.26. The number of imidazole rings is 1. The largest absolute Gasteiger partial charge is 0.264 e. The molecule has 6 heteroatoms. The Labute approximate surface area is 124 Å². The summed E-state index contributed by atoms with van der Waals surface area (Å²) in [7, 11) is -1.10. The Morgan fingerprint density at radius 3 is 2.90 bits per heavy atom. The molecule has 0 saturated carbocycles. The minimum atomic E-state index is -1.10. The standard InChI is InChI=1S/C14H12ClN3OS/c1-2-20(19)18-9-17-14-10(4-3-5-13(14)18)11-8-16-7-6-12(11)15/h3-9H,2H2,1H3. The maximum absolute atomic E-state index is 12.0. The van der Waals surface area contributed by atoms with Gasteiger partial charge in [0, 0.05) is 29.3 Å². The first-order valence-electron chi connectivity index (χ1n) is 6.17. The lowest BCUT2D eigenvalue weighted by Gasteiger charge is -2.05. The zero-order chi connectivity index (χ0) is 14.1. The summed E-state index contributed by atoms with van der Waals surface area (Å²) < 4.78 is 13.7. The molecule has 1 atom stereocenters. The normalized spacial score (nSPS) is 12.7. The van der Waals surface area contributed by atoms with Gasteiger partial charge in [-0.05, 0) is 12.1 Å². The fourth-order valence-corrected chi connectivity index (χ4v) is 3.12. The van der Waals surface area contributed by atoms with Crippen LogP contribution in [0.25, 0.3) is 22.2 Å². The smallest absolute Gasteiger partial charge is 0.125 e. The first kappa shape index (κ1) is 13.3. The highest BCUT2D eigenvalue weighted by Gasteiger charge is 2.13. The molecule has 0 N–H and O–H groups in total. The summed E-state index contributed by atoms with van der Waals surface area (Å²) in [4.78, 5) is 8.50. The van der Waals surface area contributed by atoms with Crippen LogP contribution in [0.2, 0.25) is 5.02 Å². The molecule has 2 aromatic heterocycles. The molecule has 1 unspecified atom stereocenters. The van der Waals surface area contributed by atoms with E-state index in [2.05, 4.69) is 9.97 Å². The van der Waals surface area contributed by atoms with E-state index in [0.29, 0.717) is 10.8 Å². The second kappa shape index (κ2) is 5.34. The zero-order valence-electron chi connectivity index (χ0n) is 10.8. The van der Waals surface area contributed by atoms with Gasteiger partial charge < -0.3 is 0 Å². The molecule has 3 rings (SSSR count). The monoisotopic (exact) mass is 305 g/mol. The third kappa shape index (κ3) is 2.13. The number of pyridine rings is 1. The van der Waals surface area contributed by atoms with Crippen molar-refractivity contribution >= 4 is 33.6 Å². The molecule has 4 nitrogen and oxygen atoms in total. The van der Waals surface area contributed by atoms with E-state index in [9.17, 15) is 4.21 Å². The number of hydrogen-bond acceptors (Lipinski definition) is 3. The van der Waals surface area contributed by atoms with Gasteiger partial charge in [-0.15, -0.1) is 0 Å². The minimum absolute atomic E-state index is 0.545. The van der Waals surface area contributed by atoms with Crippen molar-refractivity contribution in [3.63, 3.8) is 0 Å². The van der Waals surface area contributed by atoms with E-state index < -0.39 is 11.0 Å². The van der Waals surface area contributed by atoms with Crippen molar-refractivity contribution in [1.82, 2.24) is 13.9 Å². The van der Waals surface area contributed by atoms with Crippen LogP contribution in [0.3, 0.4) is 0 Å². The topological polar surface area (TPSA) is 47.8 Å². The number of rotatable bonds is 3. The molecule has 1 aromatic carbocycles. The molecule has 0 fully saturated rings. The number of halogens is 1. The van der Waals surface area contributed by atoms with Gasteiger partial charge in [-0.1, -0.05) is 30.7 Å². The average molecular weight is 306 g/mol. The predicted octanol–water partition coefficient (Wildman–Crippen LogP) is 3.28. The van der Waals surface area contributed by atoms with E-state index in [4.69, 9.17) is 11.6 Å². The van der Waals surface area contributed by atoms with Crippen LogP contribution >= 0.6 is 11.6 Å². The number of para-hydroxylation sites is 1. The van der Waals surface area contributed by atoms with E-state index in [1.54, 1.807) is 28.8 Å². The summed E-state index contributed by atoms with van der Waals surface area (Å²) in [5.41, 5.74) is 3.34. The summed E-state index contributed by atoms with van der Waals surface area (Å²) in [6, 6.07) is 7.50. The van der Waals surface area contributed by atoms with Crippen LogP contribution < -0.4 is 0 Å². The number of fused-ring (bicyclic) bond motifs is 1. The van der Waals surface area contributed by atoms with Gasteiger partial charge in [-0.2, -0.15) is 0 Å². The summed E-state index contributed by atoms with van der Waals surface area (Å²) in [6.45, 7) is 1.88. The Hall–Kier alpha value is -1.72. The highest BCUT2D eigenvalue weighted by Crippen LogP contribution is 2.32. The highest BCUT2D eigenvalue weighted by atomic mass is 35.5. The molecule has 20 heavy (non-hydrogen) atoms. The van der Waals surface area contributed by atoms with Crippen molar-refractivity contribution < 1.29 is 4.21 Å². The second-order valence-corrected chi connectivity index (χ2v) is 6.23. The van der Waals surface area contributed by atoms with E-state index >= 15 is 0 Å². The Morgan fingerprint density at radius 2 is 2.15 bits per heavy atom. The SMILES string of the molecule is CCS(=O)n1cnc2c(-c3cnccc3Cl)cccc21. The molecule has 2 heterocycles. The maximum atomic E-state index is 12.0. The van der Waals surface area contributed by atoms with Crippen molar-refractivity contribution in [1.29, 1.82) is 0 Å². The molecule has 3 aromatic rings. The molecule has 0 amide bonds. The summed E-state index contributed by atoms with van der Waals surface area (Å²) in [5, 5.41) is 0.624. The summed E-state index contributed by atoms with van der Waals surface area (Å²) in [6.07, 6.45) is 4.97. The second-order valence-electron chi connectivity index (χ2n) is 4.21. The number of benzene rings is 1. The molecule has 0 saturated heterocycles. The summed E-state index contributed by atoms with van der Waals surface area (Å²) >= 11 is 6.22. The van der Waals surface area contributed by atoms with E-state index in [-0.39, 0.29) is 0 Å². The molecule has 0 radical (unpaired) electrons. The Morgan fingerprint density at radius 1 is 1.30 bits per heavy atom.